The fraction of sp³-hybridized carbons (Fsp3) is 0.708. The standard InChI is InChI=1S/C24H36O3/c1-3-4-5-6-15-27-23-14-13-21-16-20(11-12-22(21)17-23)18-7-9-19(10-8-18)24(25)26-2/h7-10,20-23H,3-6,11-17H2,1-2H3. The zero-order valence-corrected chi connectivity index (χ0v) is 17.1. The number of unbranched alkanes of at least 4 members (excludes halogenated alkanes) is 3. The molecule has 27 heavy (non-hydrogen) atoms. The van der Waals surface area contributed by atoms with Crippen LogP contribution >= 0.6 is 0 Å². The van der Waals surface area contributed by atoms with Crippen molar-refractivity contribution in [2.24, 2.45) is 11.8 Å². The van der Waals surface area contributed by atoms with Crippen molar-refractivity contribution in [3.05, 3.63) is 35.4 Å². The SMILES string of the molecule is CCCCCCOC1CCC2CC(c3ccc(C(=O)OC)cc3)CCC2C1. The minimum atomic E-state index is -0.252. The van der Waals surface area contributed by atoms with E-state index in [0.717, 1.165) is 18.4 Å². The molecule has 0 spiro atoms. The molecule has 150 valence electrons. The molecule has 2 saturated carbocycles. The highest BCUT2D eigenvalue weighted by Crippen LogP contribution is 2.46. The van der Waals surface area contributed by atoms with Gasteiger partial charge in [-0.05, 0) is 80.4 Å². The van der Waals surface area contributed by atoms with Gasteiger partial charge in [-0.2, -0.15) is 0 Å². The Balaban J connectivity index is 1.45. The molecule has 0 saturated heterocycles. The molecule has 2 aliphatic carbocycles. The maximum Gasteiger partial charge on any atom is 0.337 e. The van der Waals surface area contributed by atoms with Gasteiger partial charge in [0.15, 0.2) is 0 Å². The van der Waals surface area contributed by atoms with Crippen molar-refractivity contribution >= 4 is 5.97 Å². The fourth-order valence-corrected chi connectivity index (χ4v) is 5.09. The molecular formula is C24H36O3. The zero-order chi connectivity index (χ0) is 19.1. The molecule has 3 heteroatoms. The predicted octanol–water partition coefficient (Wildman–Crippen LogP) is 6.12. The summed E-state index contributed by atoms with van der Waals surface area (Å²) in [5, 5.41) is 0. The van der Waals surface area contributed by atoms with E-state index in [-0.39, 0.29) is 5.97 Å². The van der Waals surface area contributed by atoms with Gasteiger partial charge in [-0.15, -0.1) is 0 Å². The van der Waals surface area contributed by atoms with E-state index < -0.39 is 0 Å². The maximum atomic E-state index is 11.6. The Hall–Kier alpha value is -1.35. The van der Waals surface area contributed by atoms with Crippen molar-refractivity contribution < 1.29 is 14.3 Å². The van der Waals surface area contributed by atoms with E-state index in [1.807, 2.05) is 12.1 Å². The van der Waals surface area contributed by atoms with Crippen molar-refractivity contribution in [3.63, 3.8) is 0 Å². The summed E-state index contributed by atoms with van der Waals surface area (Å²) in [5.41, 5.74) is 2.03. The van der Waals surface area contributed by atoms with Crippen LogP contribution < -0.4 is 0 Å². The molecule has 0 N–H and O–H groups in total. The molecule has 1 aromatic carbocycles. The van der Waals surface area contributed by atoms with Crippen molar-refractivity contribution in [2.45, 2.75) is 83.2 Å². The van der Waals surface area contributed by atoms with E-state index in [1.165, 1.54) is 76.9 Å². The summed E-state index contributed by atoms with van der Waals surface area (Å²) in [4.78, 5) is 11.6. The van der Waals surface area contributed by atoms with Crippen LogP contribution in [0.3, 0.4) is 0 Å². The molecule has 0 radical (unpaired) electrons. The third kappa shape index (κ3) is 5.57. The second kappa shape index (κ2) is 10.3. The van der Waals surface area contributed by atoms with Gasteiger partial charge in [0, 0.05) is 6.61 Å². The van der Waals surface area contributed by atoms with E-state index in [9.17, 15) is 4.79 Å². The Labute approximate surface area is 164 Å². The molecule has 2 fully saturated rings. The molecule has 0 aliphatic heterocycles. The van der Waals surface area contributed by atoms with Crippen LogP contribution in [0, 0.1) is 11.8 Å². The molecule has 0 amide bonds. The first-order valence-electron chi connectivity index (χ1n) is 11.0. The van der Waals surface area contributed by atoms with Gasteiger partial charge >= 0.3 is 5.97 Å². The molecule has 0 aromatic heterocycles. The van der Waals surface area contributed by atoms with Gasteiger partial charge in [0.25, 0.3) is 0 Å². The van der Waals surface area contributed by atoms with Gasteiger partial charge in [0.1, 0.15) is 0 Å². The van der Waals surface area contributed by atoms with Gasteiger partial charge in [0.2, 0.25) is 0 Å². The number of carbonyl (C=O) groups excluding carboxylic acids is 1. The molecule has 0 bridgehead atoms. The van der Waals surface area contributed by atoms with E-state index in [1.54, 1.807) is 0 Å². The zero-order valence-electron chi connectivity index (χ0n) is 17.1. The Morgan fingerprint density at radius 3 is 2.44 bits per heavy atom. The number of carbonyl (C=O) groups is 1. The Morgan fingerprint density at radius 2 is 1.70 bits per heavy atom. The third-order valence-electron chi connectivity index (χ3n) is 6.72. The van der Waals surface area contributed by atoms with Gasteiger partial charge in [-0.3, -0.25) is 0 Å². The molecule has 1 aromatic rings. The van der Waals surface area contributed by atoms with E-state index in [4.69, 9.17) is 9.47 Å². The summed E-state index contributed by atoms with van der Waals surface area (Å²) in [6.07, 6.45) is 13.4. The quantitative estimate of drug-likeness (QED) is 0.407. The molecule has 4 unspecified atom stereocenters. The number of esters is 1. The average molecular weight is 373 g/mol. The number of methoxy groups -OCH3 is 1. The second-order valence-electron chi connectivity index (χ2n) is 8.51. The summed E-state index contributed by atoms with van der Waals surface area (Å²) < 4.78 is 11.0. The smallest absolute Gasteiger partial charge is 0.337 e. The van der Waals surface area contributed by atoms with Gasteiger partial charge in [0.05, 0.1) is 18.8 Å². The normalized spacial score (nSPS) is 27.8. The number of hydrogen-bond acceptors (Lipinski definition) is 3. The van der Waals surface area contributed by atoms with Crippen molar-refractivity contribution in [3.8, 4) is 0 Å². The first-order valence-corrected chi connectivity index (χ1v) is 11.0. The lowest BCUT2D eigenvalue weighted by atomic mass is 9.65. The third-order valence-corrected chi connectivity index (χ3v) is 6.72. The topological polar surface area (TPSA) is 35.5 Å². The van der Waals surface area contributed by atoms with Gasteiger partial charge in [-0.1, -0.05) is 38.3 Å². The van der Waals surface area contributed by atoms with Crippen molar-refractivity contribution in [2.75, 3.05) is 13.7 Å². The molecule has 0 heterocycles. The lowest BCUT2D eigenvalue weighted by Gasteiger charge is -2.42. The van der Waals surface area contributed by atoms with Gasteiger partial charge in [-0.25, -0.2) is 4.79 Å². The van der Waals surface area contributed by atoms with E-state index in [0.29, 0.717) is 17.6 Å². The summed E-state index contributed by atoms with van der Waals surface area (Å²) in [6.45, 7) is 3.21. The Bertz CT molecular complexity index is 580. The minimum absolute atomic E-state index is 0.252. The largest absolute Gasteiger partial charge is 0.465 e. The number of fused-ring (bicyclic) bond motifs is 1. The lowest BCUT2D eigenvalue weighted by molar-refractivity contribution is -0.0163. The lowest BCUT2D eigenvalue weighted by Crippen LogP contribution is -2.34. The minimum Gasteiger partial charge on any atom is -0.465 e. The highest BCUT2D eigenvalue weighted by atomic mass is 16.5. The summed E-state index contributed by atoms with van der Waals surface area (Å²) in [6, 6.07) is 8.08. The Morgan fingerprint density at radius 1 is 0.963 bits per heavy atom. The van der Waals surface area contributed by atoms with Crippen LogP contribution in [0.1, 0.15) is 93.0 Å². The number of ether oxygens (including phenoxy) is 2. The van der Waals surface area contributed by atoms with Crippen molar-refractivity contribution in [1.29, 1.82) is 0 Å². The van der Waals surface area contributed by atoms with Crippen LogP contribution in [-0.2, 0) is 9.47 Å². The first kappa shape index (κ1) is 20.4. The summed E-state index contributed by atoms with van der Waals surface area (Å²) in [7, 11) is 1.43. The number of benzene rings is 1. The van der Waals surface area contributed by atoms with E-state index >= 15 is 0 Å². The number of hydrogen-bond donors (Lipinski definition) is 0. The molecule has 3 nitrogen and oxygen atoms in total. The molecular weight excluding hydrogens is 336 g/mol. The van der Waals surface area contributed by atoms with Gasteiger partial charge < -0.3 is 9.47 Å². The van der Waals surface area contributed by atoms with Crippen LogP contribution in [-0.4, -0.2) is 25.8 Å². The highest BCUT2D eigenvalue weighted by molar-refractivity contribution is 5.89. The summed E-state index contributed by atoms with van der Waals surface area (Å²) >= 11 is 0. The molecule has 2 aliphatic rings. The first-order chi connectivity index (χ1) is 13.2. The Kier molecular flexibility index (Phi) is 7.75. The number of rotatable bonds is 8. The maximum absolute atomic E-state index is 11.6. The predicted molar refractivity (Wildman–Crippen MR) is 109 cm³/mol. The van der Waals surface area contributed by atoms with Crippen LogP contribution in [0.2, 0.25) is 0 Å². The second-order valence-corrected chi connectivity index (χ2v) is 8.51. The molecule has 3 rings (SSSR count). The van der Waals surface area contributed by atoms with E-state index in [2.05, 4.69) is 19.1 Å². The van der Waals surface area contributed by atoms with Crippen LogP contribution in [0.25, 0.3) is 0 Å². The fourth-order valence-electron chi connectivity index (χ4n) is 5.09. The van der Waals surface area contributed by atoms with Crippen LogP contribution in [0.4, 0.5) is 0 Å². The monoisotopic (exact) mass is 372 g/mol. The van der Waals surface area contributed by atoms with Crippen LogP contribution in [0.15, 0.2) is 24.3 Å². The van der Waals surface area contributed by atoms with Crippen LogP contribution in [0.5, 0.6) is 0 Å². The highest BCUT2D eigenvalue weighted by Gasteiger charge is 2.36. The summed E-state index contributed by atoms with van der Waals surface area (Å²) in [5.74, 6) is 2.09. The average Bonchev–Trinajstić information content (AvgIpc) is 2.72. The van der Waals surface area contributed by atoms with Crippen molar-refractivity contribution in [1.82, 2.24) is 0 Å². The molecule has 4 atom stereocenters.